The van der Waals surface area contributed by atoms with Gasteiger partial charge in [0.05, 0.1) is 0 Å². The molecule has 0 amide bonds. The summed E-state index contributed by atoms with van der Waals surface area (Å²) in [6.07, 6.45) is 6.68. The molecule has 1 N–H and O–H groups in total. The minimum atomic E-state index is 0.149. The summed E-state index contributed by atoms with van der Waals surface area (Å²) >= 11 is 0. The van der Waals surface area contributed by atoms with E-state index in [0.717, 1.165) is 5.56 Å². The van der Waals surface area contributed by atoms with E-state index >= 15 is 0 Å². The third-order valence-electron chi connectivity index (χ3n) is 1.54. The van der Waals surface area contributed by atoms with Crippen LogP contribution in [0.15, 0.2) is 24.4 Å². The monoisotopic (exact) mass is 177 g/mol. The van der Waals surface area contributed by atoms with Crippen LogP contribution in [0, 0.1) is 0 Å². The highest BCUT2D eigenvalue weighted by Crippen LogP contribution is 2.01. The van der Waals surface area contributed by atoms with Crippen LogP contribution < -0.4 is 0 Å². The van der Waals surface area contributed by atoms with E-state index in [-0.39, 0.29) is 6.61 Å². The van der Waals surface area contributed by atoms with Crippen LogP contribution in [0.5, 0.6) is 0 Å². The van der Waals surface area contributed by atoms with Gasteiger partial charge >= 0.3 is 0 Å². The molecule has 68 valence electrons. The number of rotatable bonds is 4. The Balaban J connectivity index is 2.63. The van der Waals surface area contributed by atoms with Gasteiger partial charge in [-0.05, 0) is 18.1 Å². The smallest absolute Gasteiger partial charge is 0.168 e. The van der Waals surface area contributed by atoms with Crippen LogP contribution in [0.2, 0.25) is 0 Å². The van der Waals surface area contributed by atoms with Gasteiger partial charge in [0.1, 0.15) is 5.69 Å². The largest absolute Gasteiger partial charge is 0.396 e. The molecule has 1 aromatic heterocycles. The summed E-state index contributed by atoms with van der Waals surface area (Å²) in [6, 6.07) is 3.47. The molecular weight excluding hydrogens is 166 g/mol. The van der Waals surface area contributed by atoms with Crippen LogP contribution in [-0.2, 0) is 0 Å². The van der Waals surface area contributed by atoms with Gasteiger partial charge in [0.15, 0.2) is 6.29 Å². The van der Waals surface area contributed by atoms with E-state index < -0.39 is 0 Å². The molecule has 13 heavy (non-hydrogen) atoms. The van der Waals surface area contributed by atoms with Crippen molar-refractivity contribution in [1.82, 2.24) is 4.98 Å². The lowest BCUT2D eigenvalue weighted by atomic mass is 10.2. The first-order chi connectivity index (χ1) is 6.36. The van der Waals surface area contributed by atoms with Gasteiger partial charge in [-0.2, -0.15) is 0 Å². The van der Waals surface area contributed by atoms with E-state index in [4.69, 9.17) is 5.11 Å². The number of aliphatic hydroxyl groups is 1. The molecule has 0 atom stereocenters. The molecule has 0 unspecified atom stereocenters. The summed E-state index contributed by atoms with van der Waals surface area (Å²) in [7, 11) is 0. The topological polar surface area (TPSA) is 50.2 Å². The molecule has 1 aromatic rings. The Morgan fingerprint density at radius 3 is 2.85 bits per heavy atom. The van der Waals surface area contributed by atoms with Crippen LogP contribution in [0.1, 0.15) is 22.5 Å². The van der Waals surface area contributed by atoms with E-state index in [2.05, 4.69) is 4.98 Å². The fourth-order valence-electron chi connectivity index (χ4n) is 0.879. The van der Waals surface area contributed by atoms with E-state index in [1.807, 2.05) is 18.2 Å². The number of carbonyl (C=O) groups excluding carboxylic acids is 1. The molecule has 3 heteroatoms. The van der Waals surface area contributed by atoms with Crippen molar-refractivity contribution in [3.05, 3.63) is 35.7 Å². The second-order valence-electron chi connectivity index (χ2n) is 2.55. The molecule has 0 radical (unpaired) electrons. The van der Waals surface area contributed by atoms with Crippen molar-refractivity contribution < 1.29 is 9.90 Å². The number of pyridine rings is 1. The third-order valence-corrected chi connectivity index (χ3v) is 1.54. The third kappa shape index (κ3) is 3.17. The first-order valence-electron chi connectivity index (χ1n) is 4.05. The first kappa shape index (κ1) is 9.61. The molecule has 0 fully saturated rings. The summed E-state index contributed by atoms with van der Waals surface area (Å²) in [5.74, 6) is 0. The normalized spacial score (nSPS) is 10.5. The van der Waals surface area contributed by atoms with Gasteiger partial charge in [-0.15, -0.1) is 0 Å². The molecule has 0 bridgehead atoms. The molecule has 3 nitrogen and oxygen atoms in total. The number of carbonyl (C=O) groups is 1. The maximum atomic E-state index is 10.3. The highest BCUT2D eigenvalue weighted by Gasteiger charge is 1.89. The summed E-state index contributed by atoms with van der Waals surface area (Å²) in [5.41, 5.74) is 1.36. The van der Waals surface area contributed by atoms with Crippen molar-refractivity contribution >= 4 is 12.4 Å². The molecule has 0 saturated carbocycles. The zero-order valence-corrected chi connectivity index (χ0v) is 7.18. The van der Waals surface area contributed by atoms with Crippen molar-refractivity contribution in [2.45, 2.75) is 6.42 Å². The van der Waals surface area contributed by atoms with E-state index in [9.17, 15) is 4.79 Å². The van der Waals surface area contributed by atoms with Crippen molar-refractivity contribution in [3.8, 4) is 0 Å². The Labute approximate surface area is 76.7 Å². The molecule has 0 aliphatic carbocycles. The van der Waals surface area contributed by atoms with Gasteiger partial charge in [-0.25, -0.2) is 0 Å². The van der Waals surface area contributed by atoms with Crippen molar-refractivity contribution in [2.75, 3.05) is 6.61 Å². The summed E-state index contributed by atoms with van der Waals surface area (Å²) < 4.78 is 0. The van der Waals surface area contributed by atoms with Gasteiger partial charge in [0.2, 0.25) is 0 Å². The summed E-state index contributed by atoms with van der Waals surface area (Å²) in [6.45, 7) is 0.149. The molecule has 0 aromatic carbocycles. The van der Waals surface area contributed by atoms with Gasteiger partial charge in [-0.3, -0.25) is 9.78 Å². The average Bonchev–Trinajstić information content (AvgIpc) is 2.19. The zero-order chi connectivity index (χ0) is 9.52. The number of nitrogens with zero attached hydrogens (tertiary/aromatic N) is 1. The number of aliphatic hydroxyl groups excluding tert-OH is 1. The maximum Gasteiger partial charge on any atom is 0.168 e. The first-order valence-corrected chi connectivity index (χ1v) is 4.05. The summed E-state index contributed by atoms with van der Waals surface area (Å²) in [4.78, 5) is 14.2. The van der Waals surface area contributed by atoms with E-state index in [1.54, 1.807) is 12.3 Å². The predicted molar refractivity (Wildman–Crippen MR) is 50.4 cm³/mol. The van der Waals surface area contributed by atoms with Crippen LogP contribution in [0.3, 0.4) is 0 Å². The Bertz CT molecular complexity index is 290. The highest BCUT2D eigenvalue weighted by atomic mass is 16.2. The van der Waals surface area contributed by atoms with Gasteiger partial charge in [-0.1, -0.05) is 18.2 Å². The molecule has 1 rings (SSSR count). The fourth-order valence-corrected chi connectivity index (χ4v) is 0.879. The Morgan fingerprint density at radius 2 is 2.31 bits per heavy atom. The van der Waals surface area contributed by atoms with Crippen LogP contribution >= 0.6 is 0 Å². The minimum Gasteiger partial charge on any atom is -0.396 e. The van der Waals surface area contributed by atoms with Crippen molar-refractivity contribution in [3.63, 3.8) is 0 Å². The SMILES string of the molecule is O=Cc1ccc(C=CCCO)cn1. The van der Waals surface area contributed by atoms with Gasteiger partial charge in [0.25, 0.3) is 0 Å². The number of aromatic nitrogens is 1. The molecular formula is C10H11NO2. The van der Waals surface area contributed by atoms with Crippen LogP contribution in [-0.4, -0.2) is 23.0 Å². The highest BCUT2D eigenvalue weighted by molar-refractivity contribution is 5.71. The van der Waals surface area contributed by atoms with Gasteiger partial charge in [0, 0.05) is 12.8 Å². The molecule has 0 saturated heterocycles. The number of hydrogen-bond donors (Lipinski definition) is 1. The maximum absolute atomic E-state index is 10.3. The molecule has 1 heterocycles. The number of hydrogen-bond acceptors (Lipinski definition) is 3. The molecule has 0 aliphatic rings. The Morgan fingerprint density at radius 1 is 1.46 bits per heavy atom. The van der Waals surface area contributed by atoms with Crippen molar-refractivity contribution in [1.29, 1.82) is 0 Å². The second kappa shape index (κ2) is 5.22. The van der Waals surface area contributed by atoms with Crippen LogP contribution in [0.25, 0.3) is 6.08 Å². The lowest BCUT2D eigenvalue weighted by Crippen LogP contribution is -1.85. The lowest BCUT2D eigenvalue weighted by Gasteiger charge is -1.92. The standard InChI is InChI=1S/C10H11NO2/c12-6-2-1-3-9-4-5-10(8-13)11-7-9/h1,3-5,7-8,12H,2,6H2. The second-order valence-corrected chi connectivity index (χ2v) is 2.55. The fraction of sp³-hybridized carbons (Fsp3) is 0.200. The molecule has 0 spiro atoms. The van der Waals surface area contributed by atoms with Gasteiger partial charge < -0.3 is 5.11 Å². The Kier molecular flexibility index (Phi) is 3.85. The van der Waals surface area contributed by atoms with E-state index in [0.29, 0.717) is 18.4 Å². The molecule has 0 aliphatic heterocycles. The minimum absolute atomic E-state index is 0.149. The Hall–Kier alpha value is -1.48. The van der Waals surface area contributed by atoms with Crippen LogP contribution in [0.4, 0.5) is 0 Å². The van der Waals surface area contributed by atoms with E-state index in [1.165, 1.54) is 0 Å². The predicted octanol–water partition coefficient (Wildman–Crippen LogP) is 1.29. The lowest BCUT2D eigenvalue weighted by molar-refractivity contribution is 0.111. The zero-order valence-electron chi connectivity index (χ0n) is 7.18. The van der Waals surface area contributed by atoms with Crippen molar-refractivity contribution in [2.24, 2.45) is 0 Å². The average molecular weight is 177 g/mol. The number of aldehydes is 1. The quantitative estimate of drug-likeness (QED) is 0.705. The summed E-state index contributed by atoms with van der Waals surface area (Å²) in [5, 5.41) is 8.51.